The SMILES string of the molecule is CN1C(=O)c2cccc(OC(F)F)c2[C@H]2C[C@@H]1c1nc3ccc(-c4cnn(CP(C)(C)=O)c4)cc3n12. The fraction of sp³-hybridized carbons (Fsp3) is 0.320. The van der Waals surface area contributed by atoms with E-state index in [2.05, 4.69) is 5.10 Å². The summed E-state index contributed by atoms with van der Waals surface area (Å²) in [5.74, 6) is 0.479. The number of imidazole rings is 1. The van der Waals surface area contributed by atoms with Gasteiger partial charge in [-0.3, -0.25) is 9.48 Å². The van der Waals surface area contributed by atoms with Crippen molar-refractivity contribution in [3.05, 3.63) is 65.7 Å². The quantitative estimate of drug-likeness (QED) is 0.344. The van der Waals surface area contributed by atoms with Crippen LogP contribution < -0.4 is 4.74 Å². The van der Waals surface area contributed by atoms with Crippen LogP contribution in [0.2, 0.25) is 0 Å². The Kier molecular flexibility index (Phi) is 5.09. The molecule has 0 unspecified atom stereocenters. The topological polar surface area (TPSA) is 82.2 Å². The van der Waals surface area contributed by atoms with E-state index < -0.39 is 19.8 Å². The van der Waals surface area contributed by atoms with Crippen molar-refractivity contribution < 1.29 is 22.9 Å². The number of carbonyl (C=O) groups excluding carboxylic acids is 1. The van der Waals surface area contributed by atoms with Crippen LogP contribution in [0.25, 0.3) is 22.2 Å². The molecule has 0 saturated carbocycles. The molecule has 2 aromatic heterocycles. The fourth-order valence-electron chi connectivity index (χ4n) is 5.40. The van der Waals surface area contributed by atoms with Gasteiger partial charge >= 0.3 is 6.61 Å². The molecule has 6 rings (SSSR count). The zero-order valence-corrected chi connectivity index (χ0v) is 20.8. The Morgan fingerprint density at radius 1 is 1.17 bits per heavy atom. The number of nitrogens with zero attached hydrogens (tertiary/aromatic N) is 5. The zero-order valence-electron chi connectivity index (χ0n) is 19.9. The smallest absolute Gasteiger partial charge is 0.387 e. The molecule has 186 valence electrons. The highest BCUT2D eigenvalue weighted by molar-refractivity contribution is 7.61. The number of amides is 1. The number of ether oxygens (including phenoxy) is 1. The minimum absolute atomic E-state index is 0.00518. The average molecular weight is 511 g/mol. The van der Waals surface area contributed by atoms with Gasteiger partial charge < -0.3 is 18.8 Å². The highest BCUT2D eigenvalue weighted by Gasteiger charge is 2.45. The molecule has 2 atom stereocenters. The summed E-state index contributed by atoms with van der Waals surface area (Å²) in [4.78, 5) is 19.7. The summed E-state index contributed by atoms with van der Waals surface area (Å²) in [6.45, 7) is 0.443. The summed E-state index contributed by atoms with van der Waals surface area (Å²) in [6, 6.07) is 9.88. The maximum Gasteiger partial charge on any atom is 0.387 e. The first-order valence-corrected chi connectivity index (χ1v) is 14.3. The van der Waals surface area contributed by atoms with Gasteiger partial charge in [0.1, 0.15) is 18.7 Å². The summed E-state index contributed by atoms with van der Waals surface area (Å²) >= 11 is 0. The minimum Gasteiger partial charge on any atom is -0.434 e. The van der Waals surface area contributed by atoms with Gasteiger partial charge in [0, 0.05) is 36.4 Å². The van der Waals surface area contributed by atoms with Gasteiger partial charge in [0.25, 0.3) is 5.91 Å². The number of fused-ring (bicyclic) bond motifs is 9. The Balaban J connectivity index is 1.51. The third-order valence-electron chi connectivity index (χ3n) is 6.86. The largest absolute Gasteiger partial charge is 0.434 e. The van der Waals surface area contributed by atoms with E-state index in [0.717, 1.165) is 22.2 Å². The van der Waals surface area contributed by atoms with Crippen molar-refractivity contribution in [2.45, 2.75) is 31.4 Å². The van der Waals surface area contributed by atoms with E-state index in [-0.39, 0.29) is 17.7 Å². The monoisotopic (exact) mass is 511 g/mol. The summed E-state index contributed by atoms with van der Waals surface area (Å²) in [5, 5.41) is 4.36. The third kappa shape index (κ3) is 3.63. The number of rotatable bonds is 5. The van der Waals surface area contributed by atoms with E-state index in [1.54, 1.807) is 48.3 Å². The van der Waals surface area contributed by atoms with Crippen LogP contribution in [0.4, 0.5) is 8.78 Å². The van der Waals surface area contributed by atoms with Crippen LogP contribution in [0.15, 0.2) is 48.8 Å². The van der Waals surface area contributed by atoms with Gasteiger partial charge in [0.2, 0.25) is 0 Å². The van der Waals surface area contributed by atoms with Gasteiger partial charge in [-0.1, -0.05) is 12.1 Å². The van der Waals surface area contributed by atoms with Gasteiger partial charge in [-0.25, -0.2) is 4.98 Å². The molecular weight excluding hydrogens is 487 g/mol. The Labute approximate surface area is 205 Å². The van der Waals surface area contributed by atoms with E-state index in [0.29, 0.717) is 29.7 Å². The predicted octanol–water partition coefficient (Wildman–Crippen LogP) is 5.20. The molecule has 8 nitrogen and oxygen atoms in total. The minimum atomic E-state index is -3.01. The predicted molar refractivity (Wildman–Crippen MR) is 131 cm³/mol. The zero-order chi connectivity index (χ0) is 25.4. The van der Waals surface area contributed by atoms with Gasteiger partial charge in [-0.15, -0.1) is 0 Å². The number of alkyl halides is 2. The van der Waals surface area contributed by atoms with Crippen molar-refractivity contribution in [2.75, 3.05) is 20.4 Å². The van der Waals surface area contributed by atoms with Crippen molar-refractivity contribution in [1.82, 2.24) is 24.2 Å². The van der Waals surface area contributed by atoms with Crippen LogP contribution >= 0.6 is 7.14 Å². The van der Waals surface area contributed by atoms with Crippen molar-refractivity contribution in [2.24, 2.45) is 0 Å². The first-order valence-electron chi connectivity index (χ1n) is 11.5. The van der Waals surface area contributed by atoms with Gasteiger partial charge in [-0.2, -0.15) is 13.9 Å². The number of aromatic nitrogens is 4. The highest BCUT2D eigenvalue weighted by Crippen LogP contribution is 2.50. The highest BCUT2D eigenvalue weighted by atomic mass is 31.2. The van der Waals surface area contributed by atoms with Gasteiger partial charge in [0.15, 0.2) is 0 Å². The number of carbonyl (C=O) groups is 1. The Morgan fingerprint density at radius 2 is 1.97 bits per heavy atom. The second-order valence-corrected chi connectivity index (χ2v) is 13.2. The lowest BCUT2D eigenvalue weighted by molar-refractivity contribution is -0.0507. The molecule has 2 bridgehead atoms. The molecular formula is C25H24F2N5O3P. The standard InChI is InChI=1S/C25H24F2N5O3P/c1-30-20-10-19(22-16(24(30)33)5-4-6-21(22)35-25(26)27)32-18-9-14(7-8-17(18)29-23(20)32)15-11-28-31(12-15)13-36(2,3)34/h4-9,11-12,19-20,25H,10,13H2,1-3H3/t19-,20-/m1/s1. The van der Waals surface area contributed by atoms with Crippen molar-refractivity contribution in [3.8, 4) is 16.9 Å². The first-order chi connectivity index (χ1) is 17.1. The molecule has 4 aromatic rings. The van der Waals surface area contributed by atoms with Gasteiger partial charge in [0.05, 0.1) is 35.6 Å². The molecule has 0 fully saturated rings. The van der Waals surface area contributed by atoms with E-state index in [9.17, 15) is 18.1 Å². The van der Waals surface area contributed by atoms with Crippen molar-refractivity contribution in [3.63, 3.8) is 0 Å². The average Bonchev–Trinajstić information content (AvgIpc) is 3.49. The number of halogens is 2. The van der Waals surface area contributed by atoms with Crippen molar-refractivity contribution >= 4 is 24.1 Å². The molecule has 4 heterocycles. The molecule has 0 radical (unpaired) electrons. The summed E-state index contributed by atoms with van der Waals surface area (Å²) in [6.07, 6.45) is 4.46. The van der Waals surface area contributed by atoms with Crippen LogP contribution in [0.3, 0.4) is 0 Å². The molecule has 36 heavy (non-hydrogen) atoms. The second-order valence-electron chi connectivity index (χ2n) is 9.81. The Bertz CT molecular complexity index is 1570. The molecule has 11 heteroatoms. The lowest BCUT2D eigenvalue weighted by Crippen LogP contribution is -2.30. The number of hydrogen-bond acceptors (Lipinski definition) is 5. The maximum atomic E-state index is 13.3. The van der Waals surface area contributed by atoms with Crippen LogP contribution in [-0.2, 0) is 10.9 Å². The molecule has 2 aliphatic rings. The summed E-state index contributed by atoms with van der Waals surface area (Å²) < 4.78 is 47.4. The molecule has 2 aromatic carbocycles. The third-order valence-corrected chi connectivity index (χ3v) is 7.83. The van der Waals surface area contributed by atoms with Crippen LogP contribution in [-0.4, -0.2) is 57.1 Å². The lowest BCUT2D eigenvalue weighted by Gasteiger charge is -2.24. The maximum absolute atomic E-state index is 13.3. The van der Waals surface area contributed by atoms with E-state index in [1.807, 2.05) is 29.0 Å². The van der Waals surface area contributed by atoms with Crippen molar-refractivity contribution in [1.29, 1.82) is 0 Å². The normalized spacial score (nSPS) is 19.1. The molecule has 0 aliphatic carbocycles. The Morgan fingerprint density at radius 3 is 2.72 bits per heavy atom. The molecule has 0 spiro atoms. The summed E-state index contributed by atoms with van der Waals surface area (Å²) in [5.41, 5.74) is 4.17. The number of hydrogen-bond donors (Lipinski definition) is 0. The van der Waals surface area contributed by atoms with E-state index in [4.69, 9.17) is 9.72 Å². The van der Waals surface area contributed by atoms with Crippen LogP contribution in [0, 0.1) is 0 Å². The van der Waals surface area contributed by atoms with Gasteiger partial charge in [-0.05, 0) is 43.2 Å². The van der Waals surface area contributed by atoms with E-state index >= 15 is 0 Å². The molecule has 1 amide bonds. The van der Waals surface area contributed by atoms with Crippen LogP contribution in [0.5, 0.6) is 5.75 Å². The van der Waals surface area contributed by atoms with Crippen LogP contribution in [0.1, 0.15) is 40.3 Å². The lowest BCUT2D eigenvalue weighted by atomic mass is 9.97. The second kappa shape index (κ2) is 8.00. The molecule has 2 aliphatic heterocycles. The fourth-order valence-corrected chi connectivity index (χ4v) is 6.25. The van der Waals surface area contributed by atoms with E-state index in [1.165, 1.54) is 6.07 Å². The Hall–Kier alpha value is -3.52. The summed E-state index contributed by atoms with van der Waals surface area (Å²) in [7, 11) is -0.574. The first kappa shape index (κ1) is 22.9. The molecule has 0 saturated heterocycles. The molecule has 0 N–H and O–H groups in total. The number of benzene rings is 2.